The van der Waals surface area contributed by atoms with Gasteiger partial charge in [-0.15, -0.1) is 0 Å². The number of hydrogen-bond donors (Lipinski definition) is 2. The van der Waals surface area contributed by atoms with Crippen molar-refractivity contribution in [2.24, 2.45) is 0 Å². The smallest absolute Gasteiger partial charge is 0.229 e. The molecule has 1 aromatic carbocycles. The normalized spacial score (nSPS) is 25.6. The van der Waals surface area contributed by atoms with Gasteiger partial charge in [-0.2, -0.15) is 0 Å². The van der Waals surface area contributed by atoms with Crippen molar-refractivity contribution in [2.75, 3.05) is 12.3 Å². The van der Waals surface area contributed by atoms with Gasteiger partial charge in [-0.05, 0) is 24.3 Å². The van der Waals surface area contributed by atoms with Crippen LogP contribution in [0, 0.1) is 0 Å². The Morgan fingerprint density at radius 3 is 2.62 bits per heavy atom. The maximum Gasteiger partial charge on any atom is 0.229 e. The predicted octanol–water partition coefficient (Wildman–Crippen LogP) is 0.365. The van der Waals surface area contributed by atoms with Gasteiger partial charge in [-0.3, -0.25) is 0 Å². The lowest BCUT2D eigenvalue weighted by Crippen LogP contribution is -2.06. The van der Waals surface area contributed by atoms with E-state index in [-0.39, 0.29) is 19.0 Å². The molecule has 1 saturated heterocycles. The highest BCUT2D eigenvalue weighted by molar-refractivity contribution is 5.41. The van der Waals surface area contributed by atoms with Crippen LogP contribution >= 0.6 is 0 Å². The van der Waals surface area contributed by atoms with E-state index in [1.807, 2.05) is 0 Å². The molecule has 3 N–H and O–H groups in total. The van der Waals surface area contributed by atoms with E-state index in [1.165, 1.54) is 0 Å². The van der Waals surface area contributed by atoms with E-state index in [1.54, 1.807) is 24.3 Å². The summed E-state index contributed by atoms with van der Waals surface area (Å²) in [6.07, 6.45) is -0.467. The van der Waals surface area contributed by atoms with Crippen molar-refractivity contribution >= 4 is 5.69 Å². The number of epoxide rings is 1. The third-order valence-electron chi connectivity index (χ3n) is 1.85. The molecule has 0 bridgehead atoms. The van der Waals surface area contributed by atoms with E-state index in [0.29, 0.717) is 11.4 Å². The molecule has 4 nitrogen and oxygen atoms in total. The number of nitrogens with two attached hydrogens (primary N) is 1. The fourth-order valence-corrected chi connectivity index (χ4v) is 1.04. The molecule has 13 heavy (non-hydrogen) atoms. The molecule has 2 atom stereocenters. The molecular formula is C9H11NO3. The van der Waals surface area contributed by atoms with Crippen molar-refractivity contribution in [2.45, 2.75) is 12.4 Å². The monoisotopic (exact) mass is 181 g/mol. The number of rotatable bonds is 3. The van der Waals surface area contributed by atoms with Crippen molar-refractivity contribution in [3.8, 4) is 5.75 Å². The fraction of sp³-hybridized carbons (Fsp3) is 0.333. The van der Waals surface area contributed by atoms with Gasteiger partial charge in [0.25, 0.3) is 0 Å². The Morgan fingerprint density at radius 1 is 1.38 bits per heavy atom. The number of aliphatic hydroxyl groups is 1. The second kappa shape index (κ2) is 3.24. The zero-order chi connectivity index (χ0) is 9.26. The van der Waals surface area contributed by atoms with Gasteiger partial charge in [0.05, 0.1) is 6.61 Å². The molecule has 70 valence electrons. The summed E-state index contributed by atoms with van der Waals surface area (Å²) in [6, 6.07) is 7.05. The maximum absolute atomic E-state index is 8.67. The van der Waals surface area contributed by atoms with E-state index in [0.717, 1.165) is 0 Å². The summed E-state index contributed by atoms with van der Waals surface area (Å²) in [5.41, 5.74) is 6.20. The van der Waals surface area contributed by atoms with Gasteiger partial charge < -0.3 is 20.3 Å². The van der Waals surface area contributed by atoms with Gasteiger partial charge in [-0.25, -0.2) is 0 Å². The molecule has 0 amide bonds. The molecule has 0 spiro atoms. The van der Waals surface area contributed by atoms with E-state index in [2.05, 4.69) is 0 Å². The van der Waals surface area contributed by atoms with Crippen molar-refractivity contribution in [1.82, 2.24) is 0 Å². The van der Waals surface area contributed by atoms with Crippen LogP contribution < -0.4 is 10.5 Å². The molecule has 2 unspecified atom stereocenters. The lowest BCUT2D eigenvalue weighted by Gasteiger charge is -2.01. The lowest BCUT2D eigenvalue weighted by molar-refractivity contribution is 0.176. The number of nitrogen functional groups attached to an aromatic ring is 1. The van der Waals surface area contributed by atoms with Crippen LogP contribution in [0.25, 0.3) is 0 Å². The molecule has 1 aromatic rings. The van der Waals surface area contributed by atoms with Crippen molar-refractivity contribution in [3.63, 3.8) is 0 Å². The highest BCUT2D eigenvalue weighted by atomic mass is 16.8. The van der Waals surface area contributed by atoms with Crippen LogP contribution in [-0.2, 0) is 4.74 Å². The highest BCUT2D eigenvalue weighted by Gasteiger charge is 2.40. The van der Waals surface area contributed by atoms with Crippen LogP contribution in [0.3, 0.4) is 0 Å². The highest BCUT2D eigenvalue weighted by Crippen LogP contribution is 2.25. The third kappa shape index (κ3) is 1.91. The van der Waals surface area contributed by atoms with E-state index < -0.39 is 0 Å². The number of ether oxygens (including phenoxy) is 2. The Hall–Kier alpha value is -1.26. The van der Waals surface area contributed by atoms with Gasteiger partial charge >= 0.3 is 0 Å². The SMILES string of the molecule is Nc1ccc(OC2OC2CO)cc1. The average molecular weight is 181 g/mol. The molecule has 1 fully saturated rings. The Kier molecular flexibility index (Phi) is 2.08. The summed E-state index contributed by atoms with van der Waals surface area (Å²) >= 11 is 0. The number of hydrogen-bond acceptors (Lipinski definition) is 4. The van der Waals surface area contributed by atoms with Crippen LogP contribution in [0.1, 0.15) is 0 Å². The Balaban J connectivity index is 1.92. The molecule has 2 rings (SSSR count). The van der Waals surface area contributed by atoms with Crippen LogP contribution in [0.5, 0.6) is 5.75 Å². The first-order valence-electron chi connectivity index (χ1n) is 4.08. The number of benzene rings is 1. The van der Waals surface area contributed by atoms with Crippen molar-refractivity contribution < 1.29 is 14.6 Å². The molecule has 0 radical (unpaired) electrons. The molecule has 0 aromatic heterocycles. The molecule has 4 heteroatoms. The summed E-state index contributed by atoms with van der Waals surface area (Å²) < 4.78 is 10.3. The quantitative estimate of drug-likeness (QED) is 0.522. The zero-order valence-electron chi connectivity index (χ0n) is 7.01. The van der Waals surface area contributed by atoms with Crippen molar-refractivity contribution in [1.29, 1.82) is 0 Å². The summed E-state index contributed by atoms with van der Waals surface area (Å²) in [5.74, 6) is 0.704. The Labute approximate surface area is 75.9 Å². The van der Waals surface area contributed by atoms with E-state index >= 15 is 0 Å². The summed E-state index contributed by atoms with van der Waals surface area (Å²) in [7, 11) is 0. The van der Waals surface area contributed by atoms with Gasteiger partial charge in [0.2, 0.25) is 6.29 Å². The van der Waals surface area contributed by atoms with Crippen LogP contribution in [0.2, 0.25) is 0 Å². The molecule has 0 aliphatic carbocycles. The average Bonchev–Trinajstić information content (AvgIpc) is 2.88. The second-order valence-corrected chi connectivity index (χ2v) is 2.91. The Morgan fingerprint density at radius 2 is 2.08 bits per heavy atom. The first kappa shape index (κ1) is 8.34. The zero-order valence-corrected chi connectivity index (χ0v) is 7.01. The van der Waals surface area contributed by atoms with Gasteiger partial charge in [0.15, 0.2) is 0 Å². The molecule has 0 saturated carbocycles. The third-order valence-corrected chi connectivity index (χ3v) is 1.85. The fourth-order valence-electron chi connectivity index (χ4n) is 1.04. The van der Waals surface area contributed by atoms with E-state index in [4.69, 9.17) is 20.3 Å². The predicted molar refractivity (Wildman–Crippen MR) is 47.2 cm³/mol. The minimum atomic E-state index is -0.298. The minimum absolute atomic E-state index is 0.000358. The number of anilines is 1. The second-order valence-electron chi connectivity index (χ2n) is 2.91. The van der Waals surface area contributed by atoms with Crippen LogP contribution in [-0.4, -0.2) is 24.1 Å². The van der Waals surface area contributed by atoms with Crippen molar-refractivity contribution in [3.05, 3.63) is 24.3 Å². The number of aliphatic hydroxyl groups excluding tert-OH is 1. The van der Waals surface area contributed by atoms with Gasteiger partial charge in [-0.1, -0.05) is 0 Å². The first-order chi connectivity index (χ1) is 6.29. The molecule has 1 heterocycles. The minimum Gasteiger partial charge on any atom is -0.462 e. The molecular weight excluding hydrogens is 170 g/mol. The van der Waals surface area contributed by atoms with E-state index in [9.17, 15) is 0 Å². The van der Waals surface area contributed by atoms with Crippen LogP contribution in [0.4, 0.5) is 5.69 Å². The van der Waals surface area contributed by atoms with Gasteiger partial charge in [0.1, 0.15) is 11.9 Å². The largest absolute Gasteiger partial charge is 0.462 e. The summed E-state index contributed by atoms with van der Waals surface area (Å²) in [4.78, 5) is 0. The molecule has 1 aliphatic rings. The topological polar surface area (TPSA) is 68.0 Å². The first-order valence-corrected chi connectivity index (χ1v) is 4.08. The summed E-state index contributed by atoms with van der Waals surface area (Å²) in [6.45, 7) is -0.000358. The lowest BCUT2D eigenvalue weighted by atomic mass is 10.3. The summed E-state index contributed by atoms with van der Waals surface area (Å²) in [5, 5.41) is 8.67. The van der Waals surface area contributed by atoms with Gasteiger partial charge in [0, 0.05) is 5.69 Å². The Bertz CT molecular complexity index is 285. The van der Waals surface area contributed by atoms with Crippen LogP contribution in [0.15, 0.2) is 24.3 Å². The molecule has 1 aliphatic heterocycles. The standard InChI is InChI=1S/C9H11NO3/c10-6-1-3-7(4-2-6)12-9-8(5-11)13-9/h1-4,8-9,11H,5,10H2. The maximum atomic E-state index is 8.67.